The van der Waals surface area contributed by atoms with Crippen molar-refractivity contribution in [2.24, 2.45) is 5.92 Å². The first-order valence-electron chi connectivity index (χ1n) is 13.5. The van der Waals surface area contributed by atoms with Gasteiger partial charge in [-0.15, -0.1) is 0 Å². The molecule has 196 valence electrons. The Balaban J connectivity index is 1.81. The molecule has 3 amide bonds. The van der Waals surface area contributed by atoms with Crippen LogP contribution in [0.1, 0.15) is 118 Å². The van der Waals surface area contributed by atoms with Crippen molar-refractivity contribution in [1.82, 2.24) is 19.9 Å². The van der Waals surface area contributed by atoms with Gasteiger partial charge in [-0.05, 0) is 56.0 Å². The molecule has 0 radical (unpaired) electrons. The SMILES string of the molecule is CCC[C@@H](C(=O)NCCC(C)C)N(C(=O)c1snc(C(=O)NC2CCCCC2)c1N)C1CCCC1. The summed E-state index contributed by atoms with van der Waals surface area (Å²) in [4.78, 5) is 42.0. The number of carbonyl (C=O) groups excluding carboxylic acids is 3. The van der Waals surface area contributed by atoms with Crippen molar-refractivity contribution in [2.45, 2.75) is 116 Å². The van der Waals surface area contributed by atoms with Crippen molar-refractivity contribution in [3.05, 3.63) is 10.6 Å². The number of anilines is 1. The third-order valence-corrected chi connectivity index (χ3v) is 8.10. The zero-order chi connectivity index (χ0) is 25.4. The molecule has 1 atom stereocenters. The predicted molar refractivity (Wildman–Crippen MR) is 140 cm³/mol. The van der Waals surface area contributed by atoms with E-state index in [0.717, 1.165) is 75.7 Å². The van der Waals surface area contributed by atoms with Crippen molar-refractivity contribution in [3.8, 4) is 0 Å². The van der Waals surface area contributed by atoms with E-state index in [4.69, 9.17) is 5.73 Å². The molecule has 8 nitrogen and oxygen atoms in total. The number of hydrogen-bond acceptors (Lipinski definition) is 6. The lowest BCUT2D eigenvalue weighted by atomic mass is 9.95. The van der Waals surface area contributed by atoms with Crippen LogP contribution in [0.25, 0.3) is 0 Å². The number of nitrogens with one attached hydrogen (secondary N) is 2. The van der Waals surface area contributed by atoms with E-state index in [0.29, 0.717) is 18.9 Å². The molecule has 2 fully saturated rings. The minimum atomic E-state index is -0.552. The van der Waals surface area contributed by atoms with Crippen molar-refractivity contribution in [2.75, 3.05) is 12.3 Å². The number of nitrogens with two attached hydrogens (primary N) is 1. The highest BCUT2D eigenvalue weighted by molar-refractivity contribution is 7.09. The molecular formula is C26H43N5O3S. The average Bonchev–Trinajstić information content (AvgIpc) is 3.49. The van der Waals surface area contributed by atoms with Crippen LogP contribution in [-0.2, 0) is 4.79 Å². The second kappa shape index (κ2) is 13.2. The van der Waals surface area contributed by atoms with Crippen molar-refractivity contribution < 1.29 is 14.4 Å². The van der Waals surface area contributed by atoms with E-state index in [2.05, 4.69) is 28.9 Å². The predicted octanol–water partition coefficient (Wildman–Crippen LogP) is 4.50. The Bertz CT molecular complexity index is 859. The number of carbonyl (C=O) groups is 3. The van der Waals surface area contributed by atoms with Crippen molar-refractivity contribution >= 4 is 34.9 Å². The first-order chi connectivity index (χ1) is 16.8. The molecule has 35 heavy (non-hydrogen) atoms. The summed E-state index contributed by atoms with van der Waals surface area (Å²) < 4.78 is 4.29. The first kappa shape index (κ1) is 27.4. The minimum absolute atomic E-state index is 0.00378. The molecule has 0 spiro atoms. The van der Waals surface area contributed by atoms with Crippen LogP contribution in [0.2, 0.25) is 0 Å². The highest BCUT2D eigenvalue weighted by Gasteiger charge is 2.38. The Morgan fingerprint density at radius 1 is 1.06 bits per heavy atom. The lowest BCUT2D eigenvalue weighted by Crippen LogP contribution is -2.53. The van der Waals surface area contributed by atoms with Crippen molar-refractivity contribution in [3.63, 3.8) is 0 Å². The summed E-state index contributed by atoms with van der Waals surface area (Å²) in [6.45, 7) is 6.87. The minimum Gasteiger partial charge on any atom is -0.395 e. The monoisotopic (exact) mass is 505 g/mol. The van der Waals surface area contributed by atoms with Gasteiger partial charge in [0.2, 0.25) is 5.91 Å². The average molecular weight is 506 g/mol. The molecule has 1 aromatic rings. The summed E-state index contributed by atoms with van der Waals surface area (Å²) in [5.41, 5.74) is 6.61. The van der Waals surface area contributed by atoms with Gasteiger partial charge >= 0.3 is 0 Å². The molecule has 0 bridgehead atoms. The van der Waals surface area contributed by atoms with Gasteiger partial charge in [-0.25, -0.2) is 0 Å². The van der Waals surface area contributed by atoms with Gasteiger partial charge in [-0.2, -0.15) is 4.37 Å². The van der Waals surface area contributed by atoms with Gasteiger partial charge in [-0.3, -0.25) is 14.4 Å². The molecule has 0 unspecified atom stereocenters. The van der Waals surface area contributed by atoms with E-state index < -0.39 is 6.04 Å². The molecule has 1 heterocycles. The summed E-state index contributed by atoms with van der Waals surface area (Å²) in [5.74, 6) is -0.205. The maximum absolute atomic E-state index is 13.9. The summed E-state index contributed by atoms with van der Waals surface area (Å²) >= 11 is 0.972. The fraction of sp³-hybridized carbons (Fsp3) is 0.769. The van der Waals surface area contributed by atoms with Gasteiger partial charge < -0.3 is 21.3 Å². The number of nitrogen functional groups attached to an aromatic ring is 1. The molecule has 2 saturated carbocycles. The quantitative estimate of drug-likeness (QED) is 0.409. The highest BCUT2D eigenvalue weighted by Crippen LogP contribution is 2.32. The number of aromatic nitrogens is 1. The van der Waals surface area contributed by atoms with E-state index in [1.807, 2.05) is 6.92 Å². The van der Waals surface area contributed by atoms with Crippen LogP contribution in [0.4, 0.5) is 5.69 Å². The van der Waals surface area contributed by atoms with Gasteiger partial charge in [0, 0.05) is 18.6 Å². The smallest absolute Gasteiger partial charge is 0.273 e. The van der Waals surface area contributed by atoms with Crippen LogP contribution in [0, 0.1) is 5.92 Å². The van der Waals surface area contributed by atoms with Crippen LogP contribution in [-0.4, -0.2) is 51.7 Å². The van der Waals surface area contributed by atoms with Crippen LogP contribution < -0.4 is 16.4 Å². The number of nitrogens with zero attached hydrogens (tertiary/aromatic N) is 2. The largest absolute Gasteiger partial charge is 0.395 e. The van der Waals surface area contributed by atoms with Crippen LogP contribution >= 0.6 is 11.5 Å². The number of amides is 3. The summed E-state index contributed by atoms with van der Waals surface area (Å²) in [6, 6.07) is -0.422. The third kappa shape index (κ3) is 7.18. The first-order valence-corrected chi connectivity index (χ1v) is 14.3. The van der Waals surface area contributed by atoms with Crippen LogP contribution in [0.5, 0.6) is 0 Å². The molecule has 9 heteroatoms. The molecule has 0 aromatic carbocycles. The molecule has 1 aromatic heterocycles. The second-order valence-corrected chi connectivity index (χ2v) is 11.3. The molecule has 0 saturated heterocycles. The normalized spacial score (nSPS) is 17.9. The van der Waals surface area contributed by atoms with E-state index >= 15 is 0 Å². The van der Waals surface area contributed by atoms with Gasteiger partial charge in [-0.1, -0.05) is 59.3 Å². The van der Waals surface area contributed by atoms with Gasteiger partial charge in [0.05, 0.1) is 5.69 Å². The number of hydrogen-bond donors (Lipinski definition) is 3. The molecule has 3 rings (SSSR count). The lowest BCUT2D eigenvalue weighted by Gasteiger charge is -2.35. The highest BCUT2D eigenvalue weighted by atomic mass is 32.1. The maximum Gasteiger partial charge on any atom is 0.273 e. The molecular weight excluding hydrogens is 462 g/mol. The van der Waals surface area contributed by atoms with E-state index in [-0.39, 0.29) is 46.1 Å². The summed E-state index contributed by atoms with van der Waals surface area (Å²) in [5, 5.41) is 6.09. The van der Waals surface area contributed by atoms with Crippen LogP contribution in [0.3, 0.4) is 0 Å². The Kier molecular flexibility index (Phi) is 10.4. The standard InChI is InChI=1S/C26H43N5O3S/c1-4-10-20(24(32)28-16-15-17(2)3)31(19-13-8-9-14-19)26(34)23-21(27)22(30-35-23)25(33)29-18-11-6-5-7-12-18/h17-20H,4-16,27H2,1-3H3,(H,28,32)(H,29,33)/t20-/m0/s1. The van der Waals surface area contributed by atoms with E-state index in [1.165, 1.54) is 6.42 Å². The van der Waals surface area contributed by atoms with Gasteiger partial charge in [0.15, 0.2) is 5.69 Å². The Morgan fingerprint density at radius 3 is 2.34 bits per heavy atom. The maximum atomic E-state index is 13.9. The fourth-order valence-corrected chi connectivity index (χ4v) is 5.99. The lowest BCUT2D eigenvalue weighted by molar-refractivity contribution is -0.126. The third-order valence-electron chi connectivity index (χ3n) is 7.25. The summed E-state index contributed by atoms with van der Waals surface area (Å²) in [6.07, 6.45) is 11.4. The van der Waals surface area contributed by atoms with Gasteiger partial charge in [0.1, 0.15) is 10.9 Å². The van der Waals surface area contributed by atoms with E-state index in [9.17, 15) is 14.4 Å². The Morgan fingerprint density at radius 2 is 1.71 bits per heavy atom. The summed E-state index contributed by atoms with van der Waals surface area (Å²) in [7, 11) is 0. The second-order valence-electron chi connectivity index (χ2n) is 10.5. The zero-order valence-corrected chi connectivity index (χ0v) is 22.4. The molecule has 4 N–H and O–H groups in total. The van der Waals surface area contributed by atoms with E-state index in [1.54, 1.807) is 4.90 Å². The zero-order valence-electron chi connectivity index (χ0n) is 21.6. The Hall–Kier alpha value is -2.16. The fourth-order valence-electron chi connectivity index (χ4n) is 5.25. The molecule has 2 aliphatic rings. The molecule has 2 aliphatic carbocycles. The Labute approximate surface area is 213 Å². The molecule has 0 aliphatic heterocycles. The van der Waals surface area contributed by atoms with Crippen LogP contribution in [0.15, 0.2) is 0 Å². The number of rotatable bonds is 11. The topological polar surface area (TPSA) is 117 Å². The van der Waals surface area contributed by atoms with Gasteiger partial charge in [0.25, 0.3) is 11.8 Å². The van der Waals surface area contributed by atoms with Crippen molar-refractivity contribution in [1.29, 1.82) is 0 Å².